The van der Waals surface area contributed by atoms with Gasteiger partial charge < -0.3 is 4.74 Å². The number of nitrogens with zero attached hydrogens (tertiary/aromatic N) is 3. The summed E-state index contributed by atoms with van der Waals surface area (Å²) in [7, 11) is 0. The highest BCUT2D eigenvalue weighted by Crippen LogP contribution is 2.23. The fourth-order valence-corrected chi connectivity index (χ4v) is 2.09. The van der Waals surface area contributed by atoms with Crippen LogP contribution >= 0.6 is 23.2 Å². The summed E-state index contributed by atoms with van der Waals surface area (Å²) in [5.74, 6) is -0.0990. The molecule has 1 heterocycles. The third kappa shape index (κ3) is 4.27. The first-order valence-electron chi connectivity index (χ1n) is 6.32. The van der Waals surface area contributed by atoms with Gasteiger partial charge in [0.2, 0.25) is 0 Å². The third-order valence-electron chi connectivity index (χ3n) is 3.05. The molecule has 0 saturated carbocycles. The second-order valence-corrected chi connectivity index (χ2v) is 5.89. The number of benzene rings is 1. The highest BCUT2D eigenvalue weighted by Gasteiger charge is 2.28. The maximum atomic E-state index is 12.2. The van der Waals surface area contributed by atoms with E-state index in [-0.39, 0.29) is 18.9 Å². The predicted molar refractivity (Wildman–Crippen MR) is 80.4 cm³/mol. The fraction of sp³-hybridized carbons (Fsp3) is 0.357. The van der Waals surface area contributed by atoms with Crippen LogP contribution in [0.2, 0.25) is 10.0 Å². The lowest BCUT2D eigenvalue weighted by atomic mass is 10.0. The predicted octanol–water partition coefficient (Wildman–Crippen LogP) is 3.15. The van der Waals surface area contributed by atoms with Gasteiger partial charge in [-0.1, -0.05) is 29.3 Å². The second-order valence-electron chi connectivity index (χ2n) is 5.05. The van der Waals surface area contributed by atoms with E-state index in [2.05, 4.69) is 10.1 Å². The number of hydrogen-bond acceptors (Lipinski definition) is 4. The zero-order valence-electron chi connectivity index (χ0n) is 11.7. The molecule has 0 fully saturated rings. The summed E-state index contributed by atoms with van der Waals surface area (Å²) >= 11 is 11.9. The van der Waals surface area contributed by atoms with Crippen molar-refractivity contribution in [2.75, 3.05) is 0 Å². The monoisotopic (exact) mass is 327 g/mol. The number of halogens is 2. The lowest BCUT2D eigenvalue weighted by molar-refractivity contribution is -0.142. The second kappa shape index (κ2) is 6.56. The molecule has 0 aliphatic heterocycles. The quantitative estimate of drug-likeness (QED) is 0.817. The van der Waals surface area contributed by atoms with Gasteiger partial charge in [0, 0.05) is 10.0 Å². The van der Waals surface area contributed by atoms with Crippen molar-refractivity contribution in [2.24, 2.45) is 0 Å². The number of ether oxygens (including phenoxy) is 1. The first-order valence-corrected chi connectivity index (χ1v) is 7.07. The lowest BCUT2D eigenvalue weighted by Crippen LogP contribution is -2.37. The largest absolute Gasteiger partial charge is 0.363 e. The van der Waals surface area contributed by atoms with Gasteiger partial charge in [-0.05, 0) is 31.5 Å². The molecule has 7 heteroatoms. The summed E-state index contributed by atoms with van der Waals surface area (Å²) < 4.78 is 7.17. The van der Waals surface area contributed by atoms with Gasteiger partial charge in [-0.2, -0.15) is 5.10 Å². The van der Waals surface area contributed by atoms with Crippen molar-refractivity contribution in [3.8, 4) is 0 Å². The van der Waals surface area contributed by atoms with E-state index in [0.717, 1.165) is 5.56 Å². The molecule has 1 aromatic carbocycles. The van der Waals surface area contributed by atoms with E-state index in [1.807, 2.05) is 0 Å². The minimum absolute atomic E-state index is 0.0990. The Morgan fingerprint density at radius 3 is 2.76 bits per heavy atom. The minimum atomic E-state index is -0.949. The average Bonchev–Trinajstić information content (AvgIpc) is 2.90. The van der Waals surface area contributed by atoms with Crippen LogP contribution in [0.4, 0.5) is 0 Å². The Bertz CT molecular complexity index is 627. The van der Waals surface area contributed by atoms with E-state index in [1.54, 1.807) is 32.0 Å². The van der Waals surface area contributed by atoms with Crippen LogP contribution in [-0.4, -0.2) is 26.1 Å². The van der Waals surface area contributed by atoms with Gasteiger partial charge >= 0.3 is 0 Å². The summed E-state index contributed by atoms with van der Waals surface area (Å²) in [6, 6.07) is 5.16. The summed E-state index contributed by atoms with van der Waals surface area (Å²) in [4.78, 5) is 16.0. The number of aromatic nitrogens is 3. The smallest absolute Gasteiger partial charge is 0.185 e. The van der Waals surface area contributed by atoms with E-state index in [4.69, 9.17) is 27.9 Å². The van der Waals surface area contributed by atoms with Crippen LogP contribution in [-0.2, 0) is 22.7 Å². The average molecular weight is 328 g/mol. The van der Waals surface area contributed by atoms with Crippen LogP contribution < -0.4 is 0 Å². The highest BCUT2D eigenvalue weighted by molar-refractivity contribution is 6.35. The molecular weight excluding hydrogens is 313 g/mol. The molecule has 0 aliphatic carbocycles. The van der Waals surface area contributed by atoms with Crippen molar-refractivity contribution in [1.82, 2.24) is 14.8 Å². The molecule has 0 aliphatic rings. The molecule has 0 amide bonds. The van der Waals surface area contributed by atoms with Crippen molar-refractivity contribution >= 4 is 29.0 Å². The molecule has 2 rings (SSSR count). The van der Waals surface area contributed by atoms with Gasteiger partial charge in [0.25, 0.3) is 0 Å². The van der Waals surface area contributed by atoms with Crippen LogP contribution in [0.5, 0.6) is 0 Å². The maximum absolute atomic E-state index is 12.2. The molecule has 0 saturated heterocycles. The van der Waals surface area contributed by atoms with E-state index >= 15 is 0 Å². The van der Waals surface area contributed by atoms with E-state index < -0.39 is 5.60 Å². The number of carbonyl (C=O) groups is 1. The molecule has 0 N–H and O–H groups in total. The Hall–Kier alpha value is -1.43. The van der Waals surface area contributed by atoms with Crippen molar-refractivity contribution < 1.29 is 9.53 Å². The lowest BCUT2D eigenvalue weighted by Gasteiger charge is -2.24. The van der Waals surface area contributed by atoms with Crippen molar-refractivity contribution in [2.45, 2.75) is 32.6 Å². The Balaban J connectivity index is 1.98. The molecule has 112 valence electrons. The molecule has 5 nitrogen and oxygen atoms in total. The minimum Gasteiger partial charge on any atom is -0.363 e. The number of carbonyl (C=O) groups excluding carboxylic acids is 1. The Morgan fingerprint density at radius 2 is 2.14 bits per heavy atom. The number of Topliss-reactive ketones (excluding diaryl/α,β-unsaturated/α-hetero) is 1. The van der Waals surface area contributed by atoms with Gasteiger partial charge in [0.15, 0.2) is 5.78 Å². The van der Waals surface area contributed by atoms with Crippen molar-refractivity contribution in [1.29, 1.82) is 0 Å². The molecule has 21 heavy (non-hydrogen) atoms. The molecule has 0 atom stereocenters. The van der Waals surface area contributed by atoms with Gasteiger partial charge in [-0.3, -0.25) is 4.79 Å². The molecule has 1 aromatic heterocycles. The van der Waals surface area contributed by atoms with Crippen LogP contribution in [0.25, 0.3) is 0 Å². The van der Waals surface area contributed by atoms with Crippen LogP contribution in [0.15, 0.2) is 30.9 Å². The van der Waals surface area contributed by atoms with Crippen LogP contribution in [0.1, 0.15) is 19.4 Å². The number of hydrogen-bond donors (Lipinski definition) is 0. The number of ketones is 1. The van der Waals surface area contributed by atoms with Gasteiger partial charge in [-0.15, -0.1) is 0 Å². The molecule has 2 aromatic rings. The first kappa shape index (κ1) is 15.9. The molecule has 0 spiro atoms. The molecular formula is C14H15Cl2N3O2. The highest BCUT2D eigenvalue weighted by atomic mass is 35.5. The zero-order chi connectivity index (χ0) is 15.5. The topological polar surface area (TPSA) is 57.0 Å². The maximum Gasteiger partial charge on any atom is 0.185 e. The molecule has 0 bridgehead atoms. The van der Waals surface area contributed by atoms with E-state index in [9.17, 15) is 4.79 Å². The first-order chi connectivity index (χ1) is 9.88. The van der Waals surface area contributed by atoms with Gasteiger partial charge in [0.05, 0.1) is 6.61 Å². The summed E-state index contributed by atoms with van der Waals surface area (Å²) in [5.41, 5.74) is -0.169. The SMILES string of the molecule is CC(C)(OCc1ccc(Cl)cc1Cl)C(=O)Cn1cncn1. The van der Waals surface area contributed by atoms with Crippen LogP contribution in [0, 0.1) is 0 Å². The summed E-state index contributed by atoms with van der Waals surface area (Å²) in [6.45, 7) is 3.78. The Morgan fingerprint density at radius 1 is 1.38 bits per heavy atom. The summed E-state index contributed by atoms with van der Waals surface area (Å²) in [6.07, 6.45) is 2.87. The normalized spacial score (nSPS) is 11.6. The summed E-state index contributed by atoms with van der Waals surface area (Å²) in [5, 5.41) is 4.98. The van der Waals surface area contributed by atoms with E-state index in [0.29, 0.717) is 10.0 Å². The third-order valence-corrected chi connectivity index (χ3v) is 3.63. The molecule has 0 unspecified atom stereocenters. The van der Waals surface area contributed by atoms with Crippen molar-refractivity contribution in [3.05, 3.63) is 46.5 Å². The fourth-order valence-electron chi connectivity index (χ4n) is 1.63. The molecule has 0 radical (unpaired) electrons. The zero-order valence-corrected chi connectivity index (χ0v) is 13.2. The van der Waals surface area contributed by atoms with Crippen LogP contribution in [0.3, 0.4) is 0 Å². The number of rotatable bonds is 6. The van der Waals surface area contributed by atoms with Gasteiger partial charge in [0.1, 0.15) is 24.8 Å². The Kier molecular flexibility index (Phi) is 4.98. The van der Waals surface area contributed by atoms with Crippen molar-refractivity contribution in [3.63, 3.8) is 0 Å². The van der Waals surface area contributed by atoms with E-state index in [1.165, 1.54) is 17.3 Å². The van der Waals surface area contributed by atoms with Gasteiger partial charge in [-0.25, -0.2) is 9.67 Å². The standard InChI is InChI=1S/C14H15Cl2N3O2/c1-14(2,13(20)6-19-9-17-8-18-19)21-7-10-3-4-11(15)5-12(10)16/h3-5,8-9H,6-7H2,1-2H3. The Labute approximate surface area is 132 Å².